The minimum atomic E-state index is -3.52. The van der Waals surface area contributed by atoms with E-state index >= 15 is 0 Å². The smallest absolute Gasteiger partial charge is 0.199 e. The maximum Gasteiger partial charge on any atom is 0.283 e. The second-order valence-corrected chi connectivity index (χ2v) is 7.65. The van der Waals surface area contributed by atoms with E-state index in [0.29, 0.717) is 17.7 Å². The molecule has 2 rings (SSSR count). The molecule has 18 heavy (non-hydrogen) atoms. The van der Waals surface area contributed by atoms with E-state index in [1.165, 1.54) is 0 Å². The van der Waals surface area contributed by atoms with Gasteiger partial charge in [-0.1, -0.05) is 39.0 Å². The quantitative estimate of drug-likeness (QED) is 0.783. The number of benzene rings is 1. The Bertz CT molecular complexity index is 600. The Labute approximate surface area is 113 Å². The van der Waals surface area contributed by atoms with Gasteiger partial charge in [-0.3, -0.25) is 0 Å². The molecule has 0 amide bonds. The van der Waals surface area contributed by atoms with Crippen molar-refractivity contribution >= 4 is 27.3 Å². The van der Waals surface area contributed by atoms with Gasteiger partial charge in [-0.05, 0) is 11.5 Å². The van der Waals surface area contributed by atoms with E-state index in [-0.39, 0.29) is 15.7 Å². The van der Waals surface area contributed by atoms with Crippen LogP contribution in [-0.2, 0) is 10.0 Å². The molecule has 0 saturated carbocycles. The number of nitrogens with zero attached hydrogens (tertiary/aromatic N) is 1. The summed E-state index contributed by atoms with van der Waals surface area (Å²) in [4.78, 5) is 0.290. The Hall–Kier alpha value is -0.870. The van der Waals surface area contributed by atoms with Crippen molar-refractivity contribution in [2.45, 2.75) is 37.5 Å². The Morgan fingerprint density at radius 2 is 1.89 bits per heavy atom. The third kappa shape index (κ3) is 2.45. The predicted octanol–water partition coefficient (Wildman–Crippen LogP) is 3.22. The first-order valence-corrected chi connectivity index (χ1v) is 7.67. The molecular formula is C13H16ClNO2S. The molecule has 0 saturated heterocycles. The van der Waals surface area contributed by atoms with Crippen molar-refractivity contribution in [1.29, 1.82) is 0 Å². The molecule has 3 nitrogen and oxygen atoms in total. The van der Waals surface area contributed by atoms with E-state index in [4.69, 9.17) is 11.6 Å². The molecule has 0 spiro atoms. The van der Waals surface area contributed by atoms with Gasteiger partial charge in [-0.15, -0.1) is 11.6 Å². The Kier molecular flexibility index (Phi) is 3.28. The highest BCUT2D eigenvalue weighted by molar-refractivity contribution is 7.90. The molecule has 0 aliphatic carbocycles. The summed E-state index contributed by atoms with van der Waals surface area (Å²) in [6.07, 6.45) is 0.460. The van der Waals surface area contributed by atoms with Crippen LogP contribution in [0.15, 0.2) is 33.6 Å². The normalized spacial score (nSPS) is 19.2. The first kappa shape index (κ1) is 13.6. The van der Waals surface area contributed by atoms with Crippen molar-refractivity contribution in [2.24, 2.45) is 9.81 Å². The average molecular weight is 286 g/mol. The highest BCUT2D eigenvalue weighted by Crippen LogP contribution is 2.33. The number of alkyl halides is 1. The first-order chi connectivity index (χ1) is 8.22. The molecule has 0 radical (unpaired) electrons. The van der Waals surface area contributed by atoms with Gasteiger partial charge in [-0.2, -0.15) is 12.8 Å². The number of hydrogen-bond acceptors (Lipinski definition) is 2. The Morgan fingerprint density at radius 3 is 2.50 bits per heavy atom. The van der Waals surface area contributed by atoms with Crippen LogP contribution in [0.3, 0.4) is 0 Å². The molecule has 1 aromatic carbocycles. The summed E-state index contributed by atoms with van der Waals surface area (Å²) in [6.45, 7) is 6.09. The fourth-order valence-electron chi connectivity index (χ4n) is 1.80. The van der Waals surface area contributed by atoms with Crippen LogP contribution in [0.4, 0.5) is 0 Å². The molecule has 0 N–H and O–H groups in total. The summed E-state index contributed by atoms with van der Waals surface area (Å²) in [5.41, 5.74) is 1.17. The van der Waals surface area contributed by atoms with Gasteiger partial charge in [0.1, 0.15) is 0 Å². The lowest BCUT2D eigenvalue weighted by Crippen LogP contribution is -2.23. The SMILES string of the molecule is CC(C)(C)C(Cl)CC1=NS(=O)(=O)c2ccccc21. The minimum absolute atomic E-state index is 0.0919. The summed E-state index contributed by atoms with van der Waals surface area (Å²) in [7, 11) is -3.52. The molecule has 5 heteroatoms. The average Bonchev–Trinajstić information content (AvgIpc) is 2.50. The van der Waals surface area contributed by atoms with Gasteiger partial charge in [-0.25, -0.2) is 0 Å². The molecule has 1 heterocycles. The third-order valence-corrected chi connectivity index (χ3v) is 5.20. The fraction of sp³-hybridized carbons (Fsp3) is 0.462. The van der Waals surface area contributed by atoms with Gasteiger partial charge in [0.25, 0.3) is 10.0 Å². The maximum absolute atomic E-state index is 11.9. The highest BCUT2D eigenvalue weighted by atomic mass is 35.5. The summed E-state index contributed by atoms with van der Waals surface area (Å²) in [6, 6.07) is 6.89. The molecule has 1 aliphatic rings. The van der Waals surface area contributed by atoms with Crippen LogP contribution in [0.5, 0.6) is 0 Å². The van der Waals surface area contributed by atoms with E-state index in [2.05, 4.69) is 4.40 Å². The van der Waals surface area contributed by atoms with Crippen LogP contribution in [-0.4, -0.2) is 19.5 Å². The molecule has 0 fully saturated rings. The number of sulfonamides is 1. The molecule has 0 bridgehead atoms. The van der Waals surface area contributed by atoms with Crippen LogP contribution in [0.1, 0.15) is 32.8 Å². The summed E-state index contributed by atoms with van der Waals surface area (Å²) >= 11 is 6.32. The molecular weight excluding hydrogens is 270 g/mol. The number of rotatable bonds is 2. The Morgan fingerprint density at radius 1 is 1.28 bits per heavy atom. The van der Waals surface area contributed by atoms with Crippen LogP contribution in [0.25, 0.3) is 0 Å². The standard InChI is InChI=1S/C13H16ClNO2S/c1-13(2,3)12(14)8-10-9-6-4-5-7-11(9)18(16,17)15-10/h4-7,12H,8H2,1-3H3. The van der Waals surface area contributed by atoms with Gasteiger partial charge in [0, 0.05) is 17.4 Å². The monoisotopic (exact) mass is 285 g/mol. The van der Waals surface area contributed by atoms with Gasteiger partial charge < -0.3 is 0 Å². The minimum Gasteiger partial charge on any atom is -0.199 e. The number of fused-ring (bicyclic) bond motifs is 1. The second-order valence-electron chi connectivity index (χ2n) is 5.55. The largest absolute Gasteiger partial charge is 0.283 e. The van der Waals surface area contributed by atoms with E-state index in [0.717, 1.165) is 0 Å². The van der Waals surface area contributed by atoms with Gasteiger partial charge >= 0.3 is 0 Å². The second kappa shape index (κ2) is 4.35. The maximum atomic E-state index is 11.9. The van der Waals surface area contributed by atoms with Crippen LogP contribution in [0, 0.1) is 5.41 Å². The summed E-state index contributed by atoms with van der Waals surface area (Å²) < 4.78 is 27.6. The third-order valence-electron chi connectivity index (χ3n) is 3.02. The van der Waals surface area contributed by atoms with Crippen molar-refractivity contribution in [3.63, 3.8) is 0 Å². The molecule has 0 aromatic heterocycles. The van der Waals surface area contributed by atoms with Crippen molar-refractivity contribution in [3.8, 4) is 0 Å². The van der Waals surface area contributed by atoms with Crippen molar-refractivity contribution in [2.75, 3.05) is 0 Å². The Balaban J connectivity index is 2.38. The summed E-state index contributed by atoms with van der Waals surface area (Å²) in [5, 5.41) is -0.155. The topological polar surface area (TPSA) is 46.5 Å². The van der Waals surface area contributed by atoms with E-state index in [1.807, 2.05) is 26.8 Å². The van der Waals surface area contributed by atoms with Crippen LogP contribution in [0.2, 0.25) is 0 Å². The van der Waals surface area contributed by atoms with Crippen LogP contribution < -0.4 is 0 Å². The lowest BCUT2D eigenvalue weighted by Gasteiger charge is -2.24. The zero-order valence-corrected chi connectivity index (χ0v) is 12.2. The molecule has 1 atom stereocenters. The lowest BCUT2D eigenvalue weighted by atomic mass is 9.87. The molecule has 1 aromatic rings. The van der Waals surface area contributed by atoms with Crippen molar-refractivity contribution in [3.05, 3.63) is 29.8 Å². The van der Waals surface area contributed by atoms with E-state index in [1.54, 1.807) is 18.2 Å². The van der Waals surface area contributed by atoms with Crippen molar-refractivity contribution in [1.82, 2.24) is 0 Å². The first-order valence-electron chi connectivity index (χ1n) is 5.79. The zero-order chi connectivity index (χ0) is 13.6. The van der Waals surface area contributed by atoms with E-state index in [9.17, 15) is 8.42 Å². The molecule has 98 valence electrons. The van der Waals surface area contributed by atoms with Crippen LogP contribution >= 0.6 is 11.6 Å². The van der Waals surface area contributed by atoms with Crippen molar-refractivity contribution < 1.29 is 8.42 Å². The number of hydrogen-bond donors (Lipinski definition) is 0. The zero-order valence-electron chi connectivity index (χ0n) is 10.6. The highest BCUT2D eigenvalue weighted by Gasteiger charge is 2.32. The van der Waals surface area contributed by atoms with Gasteiger partial charge in [0.05, 0.1) is 10.6 Å². The molecule has 1 unspecified atom stereocenters. The van der Waals surface area contributed by atoms with Gasteiger partial charge in [0.2, 0.25) is 0 Å². The predicted molar refractivity (Wildman–Crippen MR) is 73.9 cm³/mol. The number of halogens is 1. The van der Waals surface area contributed by atoms with E-state index < -0.39 is 10.0 Å². The molecule has 1 aliphatic heterocycles. The fourth-order valence-corrected chi connectivity index (χ4v) is 3.22. The van der Waals surface area contributed by atoms with Gasteiger partial charge in [0.15, 0.2) is 0 Å². The lowest BCUT2D eigenvalue weighted by molar-refractivity contribution is 0.394. The summed E-state index contributed by atoms with van der Waals surface area (Å²) in [5.74, 6) is 0.